The van der Waals surface area contributed by atoms with Gasteiger partial charge in [0.05, 0.1) is 24.8 Å². The van der Waals surface area contributed by atoms with E-state index in [-0.39, 0.29) is 22.1 Å². The van der Waals surface area contributed by atoms with Crippen LogP contribution in [0.15, 0.2) is 12.3 Å². The molecule has 0 radical (unpaired) electrons. The fraction of sp³-hybridized carbons (Fsp3) is 0.500. The van der Waals surface area contributed by atoms with Gasteiger partial charge in [0, 0.05) is 18.4 Å². The summed E-state index contributed by atoms with van der Waals surface area (Å²) in [6.07, 6.45) is 2.79. The van der Waals surface area contributed by atoms with E-state index in [1.54, 1.807) is 0 Å². The molecule has 6 nitrogen and oxygen atoms in total. The van der Waals surface area contributed by atoms with Crippen molar-refractivity contribution in [1.82, 2.24) is 10.3 Å². The highest BCUT2D eigenvalue weighted by Gasteiger charge is 2.27. The van der Waals surface area contributed by atoms with E-state index in [4.69, 9.17) is 21.1 Å². The van der Waals surface area contributed by atoms with Gasteiger partial charge in [0.15, 0.2) is 0 Å². The van der Waals surface area contributed by atoms with Crippen molar-refractivity contribution < 1.29 is 19.1 Å². The summed E-state index contributed by atoms with van der Waals surface area (Å²) in [7, 11) is 0. The molecule has 0 spiro atoms. The molecule has 118 valence electrons. The summed E-state index contributed by atoms with van der Waals surface area (Å²) in [5, 5.41) is 2.96. The first kappa shape index (κ1) is 15.6. The Bertz CT molecular complexity index is 592. The second kappa shape index (κ2) is 6.85. The summed E-state index contributed by atoms with van der Waals surface area (Å²) in [6, 6.07) is 1.07. The lowest BCUT2D eigenvalue weighted by atomic mass is 10.2. The van der Waals surface area contributed by atoms with Crippen molar-refractivity contribution in [2.24, 2.45) is 0 Å². The molecule has 22 heavy (non-hydrogen) atoms. The van der Waals surface area contributed by atoms with E-state index in [0.29, 0.717) is 31.1 Å². The topological polar surface area (TPSA) is 77.5 Å². The first-order chi connectivity index (χ1) is 10.6. The predicted octanol–water partition coefficient (Wildman–Crippen LogP) is 1.66. The van der Waals surface area contributed by atoms with Crippen molar-refractivity contribution in [1.29, 1.82) is 0 Å². The lowest BCUT2D eigenvalue weighted by molar-refractivity contribution is -0.112. The van der Waals surface area contributed by atoms with Crippen LogP contribution < -0.4 is 10.1 Å². The van der Waals surface area contributed by atoms with E-state index in [1.807, 2.05) is 0 Å². The number of carbonyl (C=O) groups is 2. The van der Waals surface area contributed by atoms with Crippen LogP contribution in [0.25, 0.3) is 0 Å². The van der Waals surface area contributed by atoms with Crippen molar-refractivity contribution in [2.45, 2.75) is 25.0 Å². The van der Waals surface area contributed by atoms with E-state index in [9.17, 15) is 9.59 Å². The van der Waals surface area contributed by atoms with Gasteiger partial charge in [-0.2, -0.15) is 0 Å². The van der Waals surface area contributed by atoms with Gasteiger partial charge in [0.1, 0.15) is 11.1 Å². The minimum Gasteiger partial charge on any atom is -0.471 e. The number of aromatic nitrogens is 1. The largest absolute Gasteiger partial charge is 0.471 e. The summed E-state index contributed by atoms with van der Waals surface area (Å²) >= 11 is 7.36. The van der Waals surface area contributed by atoms with Crippen molar-refractivity contribution in [2.75, 3.05) is 19.0 Å². The van der Waals surface area contributed by atoms with Gasteiger partial charge >= 0.3 is 0 Å². The molecule has 1 aromatic rings. The summed E-state index contributed by atoms with van der Waals surface area (Å²) in [5.74, 6) is 0.672. The van der Waals surface area contributed by atoms with Gasteiger partial charge in [-0.15, -0.1) is 0 Å². The Labute approximate surface area is 136 Å². The quantitative estimate of drug-likeness (QED) is 0.896. The zero-order valence-corrected chi connectivity index (χ0v) is 13.3. The van der Waals surface area contributed by atoms with Gasteiger partial charge in [-0.05, 0) is 12.5 Å². The normalized spacial score (nSPS) is 24.5. The van der Waals surface area contributed by atoms with Crippen LogP contribution in [0.5, 0.6) is 5.88 Å². The van der Waals surface area contributed by atoms with Gasteiger partial charge in [0.2, 0.25) is 11.0 Å². The van der Waals surface area contributed by atoms with Crippen molar-refractivity contribution in [3.8, 4) is 5.88 Å². The molecule has 1 amide bonds. The van der Waals surface area contributed by atoms with Crippen LogP contribution in [0, 0.1) is 0 Å². The smallest absolute Gasteiger partial charge is 0.253 e. The van der Waals surface area contributed by atoms with Crippen LogP contribution >= 0.6 is 23.4 Å². The number of nitrogens with one attached hydrogen (secondary N) is 1. The highest BCUT2D eigenvalue weighted by molar-refractivity contribution is 8.14. The first-order valence-electron chi connectivity index (χ1n) is 7.01. The van der Waals surface area contributed by atoms with Crippen LogP contribution in [0.1, 0.15) is 23.2 Å². The van der Waals surface area contributed by atoms with E-state index in [0.717, 1.165) is 12.2 Å². The summed E-state index contributed by atoms with van der Waals surface area (Å²) in [4.78, 5) is 27.7. The van der Waals surface area contributed by atoms with E-state index < -0.39 is 6.04 Å². The number of amides is 1. The summed E-state index contributed by atoms with van der Waals surface area (Å²) in [5.41, 5.74) is 0.310. The number of rotatable bonds is 4. The summed E-state index contributed by atoms with van der Waals surface area (Å²) in [6.45, 7) is 1.18. The average molecular weight is 343 g/mol. The second-order valence-electron chi connectivity index (χ2n) is 5.10. The first-order valence-corrected chi connectivity index (χ1v) is 8.37. The molecular weight excluding hydrogens is 328 g/mol. The molecule has 0 aromatic carbocycles. The fourth-order valence-electron chi connectivity index (χ4n) is 2.27. The molecule has 3 heterocycles. The minimum absolute atomic E-state index is 0.00593. The maximum atomic E-state index is 12.1. The third-order valence-corrected chi connectivity index (χ3v) is 4.76. The van der Waals surface area contributed by atoms with Crippen LogP contribution in [0.2, 0.25) is 5.02 Å². The van der Waals surface area contributed by atoms with Crippen LogP contribution in [0.4, 0.5) is 0 Å². The predicted molar refractivity (Wildman–Crippen MR) is 82.4 cm³/mol. The molecule has 2 fully saturated rings. The lowest BCUT2D eigenvalue weighted by Crippen LogP contribution is -2.37. The zero-order valence-electron chi connectivity index (χ0n) is 11.7. The Morgan fingerprint density at radius 1 is 1.50 bits per heavy atom. The van der Waals surface area contributed by atoms with Crippen molar-refractivity contribution in [3.05, 3.63) is 22.8 Å². The Balaban J connectivity index is 1.65. The second-order valence-corrected chi connectivity index (χ2v) is 6.60. The number of hydrogen-bond acceptors (Lipinski definition) is 6. The highest BCUT2D eigenvalue weighted by atomic mass is 35.5. The van der Waals surface area contributed by atoms with Crippen LogP contribution in [-0.4, -0.2) is 47.1 Å². The molecule has 2 saturated heterocycles. The maximum Gasteiger partial charge on any atom is 0.253 e. The Hall–Kier alpha value is -1.31. The molecule has 0 saturated carbocycles. The number of hydrogen-bond donors (Lipinski definition) is 1. The van der Waals surface area contributed by atoms with Gasteiger partial charge in [0.25, 0.3) is 5.91 Å². The number of nitrogens with zero attached hydrogens (tertiary/aromatic N) is 1. The molecule has 1 N–H and O–H groups in total. The van der Waals surface area contributed by atoms with E-state index >= 15 is 0 Å². The van der Waals surface area contributed by atoms with Crippen molar-refractivity contribution >= 4 is 34.4 Å². The van der Waals surface area contributed by atoms with Gasteiger partial charge in [-0.3, -0.25) is 9.59 Å². The number of thioether (sulfide) groups is 1. The number of ether oxygens (including phenoxy) is 2. The van der Waals surface area contributed by atoms with Crippen LogP contribution in [-0.2, 0) is 9.53 Å². The molecule has 1 aromatic heterocycles. The molecule has 2 aliphatic rings. The monoisotopic (exact) mass is 342 g/mol. The molecule has 2 atom stereocenters. The van der Waals surface area contributed by atoms with Crippen LogP contribution in [0.3, 0.4) is 0 Å². The zero-order chi connectivity index (χ0) is 15.5. The molecule has 2 unspecified atom stereocenters. The van der Waals surface area contributed by atoms with E-state index in [2.05, 4.69) is 10.3 Å². The molecule has 0 bridgehead atoms. The number of carbonyl (C=O) groups excluding carboxylic acids is 2. The Morgan fingerprint density at radius 2 is 2.36 bits per heavy atom. The van der Waals surface area contributed by atoms with E-state index in [1.165, 1.54) is 24.0 Å². The summed E-state index contributed by atoms with van der Waals surface area (Å²) < 4.78 is 10.9. The highest BCUT2D eigenvalue weighted by Crippen LogP contribution is 2.25. The Morgan fingerprint density at radius 3 is 3.00 bits per heavy atom. The van der Waals surface area contributed by atoms with Crippen molar-refractivity contribution in [3.63, 3.8) is 0 Å². The fourth-order valence-corrected chi connectivity index (χ4v) is 3.41. The SMILES string of the molecule is O=C(NC1CCSC1=O)c1cnc(OC2CCOC2)c(Cl)c1. The molecule has 2 aliphatic heterocycles. The average Bonchev–Trinajstić information content (AvgIpc) is 3.14. The molecule has 8 heteroatoms. The Kier molecular flexibility index (Phi) is 4.85. The number of halogens is 1. The standard InChI is InChI=1S/C14H15ClN2O4S/c15-10-5-8(12(18)17-11-2-4-22-14(11)19)6-16-13(10)21-9-1-3-20-7-9/h5-6,9,11H,1-4,7H2,(H,17,18). The third-order valence-electron chi connectivity index (χ3n) is 3.48. The molecule has 3 rings (SSSR count). The van der Waals surface area contributed by atoms with Gasteiger partial charge < -0.3 is 14.8 Å². The van der Waals surface area contributed by atoms with Gasteiger partial charge in [-0.1, -0.05) is 23.4 Å². The third kappa shape index (κ3) is 3.53. The number of pyridine rings is 1. The molecular formula is C14H15ClN2O4S. The molecule has 0 aliphatic carbocycles. The lowest BCUT2D eigenvalue weighted by Gasteiger charge is -2.13. The minimum atomic E-state index is -0.428. The van der Waals surface area contributed by atoms with Gasteiger partial charge in [-0.25, -0.2) is 4.98 Å². The maximum absolute atomic E-state index is 12.1.